The fraction of sp³-hybridized carbons (Fsp3) is 0.471. The van der Waals surface area contributed by atoms with Gasteiger partial charge in [-0.25, -0.2) is 8.42 Å². The predicted molar refractivity (Wildman–Crippen MR) is 87.2 cm³/mol. The number of amides is 1. The maximum atomic E-state index is 13.0. The Morgan fingerprint density at radius 1 is 1.05 bits per heavy atom. The average Bonchev–Trinajstić information content (AvgIpc) is 2.89. The number of carbonyl (C=O) groups is 1. The first-order valence-corrected chi connectivity index (χ1v) is 9.57. The van der Waals surface area contributed by atoms with Crippen molar-refractivity contribution < 1.29 is 13.2 Å². The van der Waals surface area contributed by atoms with Gasteiger partial charge in [-0.15, -0.1) is 0 Å². The van der Waals surface area contributed by atoms with Crippen LogP contribution in [0.25, 0.3) is 0 Å². The molecule has 0 bridgehead atoms. The minimum Gasteiger partial charge on any atom is -0.304 e. The van der Waals surface area contributed by atoms with Gasteiger partial charge < -0.3 is 4.90 Å². The smallest absolute Gasteiger partial charge is 0.230 e. The second kappa shape index (κ2) is 6.24. The molecule has 1 aliphatic carbocycles. The van der Waals surface area contributed by atoms with Crippen molar-refractivity contribution in [1.82, 2.24) is 0 Å². The van der Waals surface area contributed by atoms with Crippen molar-refractivity contribution in [2.24, 2.45) is 5.92 Å². The Hall–Kier alpha value is -1.62. The van der Waals surface area contributed by atoms with Crippen molar-refractivity contribution in [2.45, 2.75) is 38.1 Å². The molecular weight excluding hydrogens is 298 g/mol. The molecule has 5 heteroatoms. The molecule has 22 heavy (non-hydrogen) atoms. The van der Waals surface area contributed by atoms with E-state index >= 15 is 0 Å². The van der Waals surface area contributed by atoms with Crippen molar-refractivity contribution >= 4 is 21.4 Å². The first-order valence-electron chi connectivity index (χ1n) is 7.86. The lowest BCUT2D eigenvalue weighted by molar-refractivity contribution is -0.123. The van der Waals surface area contributed by atoms with E-state index in [2.05, 4.69) is 0 Å². The van der Waals surface area contributed by atoms with Gasteiger partial charge in [0, 0.05) is 17.0 Å². The molecule has 1 saturated carbocycles. The van der Waals surface area contributed by atoms with Gasteiger partial charge in [0.15, 0.2) is 9.84 Å². The minimum absolute atomic E-state index is 0.0135. The van der Waals surface area contributed by atoms with Crippen molar-refractivity contribution in [3.05, 3.63) is 41.8 Å². The first-order chi connectivity index (χ1) is 10.6. The molecule has 1 aliphatic heterocycles. The largest absolute Gasteiger partial charge is 0.304 e. The van der Waals surface area contributed by atoms with Crippen LogP contribution in [0.15, 0.2) is 41.8 Å². The maximum absolute atomic E-state index is 13.0. The van der Waals surface area contributed by atoms with Gasteiger partial charge >= 0.3 is 0 Å². The molecule has 118 valence electrons. The Morgan fingerprint density at radius 3 is 2.32 bits per heavy atom. The van der Waals surface area contributed by atoms with Crippen molar-refractivity contribution in [3.63, 3.8) is 0 Å². The molecule has 0 radical (unpaired) electrons. The number of hydrogen-bond acceptors (Lipinski definition) is 3. The first kappa shape index (κ1) is 15.3. The van der Waals surface area contributed by atoms with Crippen LogP contribution in [0, 0.1) is 5.92 Å². The number of sulfone groups is 1. The van der Waals surface area contributed by atoms with Crippen LogP contribution >= 0.6 is 0 Å². The molecule has 2 aliphatic rings. The summed E-state index contributed by atoms with van der Waals surface area (Å²) < 4.78 is 23.5. The Kier molecular flexibility index (Phi) is 4.34. The van der Waals surface area contributed by atoms with E-state index in [-0.39, 0.29) is 23.6 Å². The zero-order valence-electron chi connectivity index (χ0n) is 12.5. The summed E-state index contributed by atoms with van der Waals surface area (Å²) in [7, 11) is -3.19. The molecule has 1 atom stereocenters. The summed E-state index contributed by atoms with van der Waals surface area (Å²) in [5.41, 5.74) is 0.782. The maximum Gasteiger partial charge on any atom is 0.230 e. The van der Waals surface area contributed by atoms with Crippen LogP contribution in [-0.2, 0) is 14.6 Å². The Morgan fingerprint density at radius 2 is 1.73 bits per heavy atom. The van der Waals surface area contributed by atoms with Gasteiger partial charge in [-0.2, -0.15) is 0 Å². The third kappa shape index (κ3) is 3.24. The fourth-order valence-electron chi connectivity index (χ4n) is 3.34. The molecule has 1 aromatic rings. The van der Waals surface area contributed by atoms with E-state index in [1.165, 1.54) is 11.8 Å². The zero-order chi connectivity index (χ0) is 15.6. The molecule has 1 fully saturated rings. The van der Waals surface area contributed by atoms with E-state index in [1.807, 2.05) is 30.3 Å². The second-order valence-electron chi connectivity index (χ2n) is 6.10. The minimum atomic E-state index is -3.19. The topological polar surface area (TPSA) is 54.5 Å². The number of anilines is 1. The third-order valence-corrected chi connectivity index (χ3v) is 5.85. The third-order valence-electron chi connectivity index (χ3n) is 4.47. The number of nitrogens with zero attached hydrogens (tertiary/aromatic N) is 1. The van der Waals surface area contributed by atoms with E-state index in [9.17, 15) is 13.2 Å². The second-order valence-corrected chi connectivity index (χ2v) is 8.04. The Balaban J connectivity index is 1.90. The SMILES string of the molecule is O=C(C1CCCCC1)N(c1ccccc1)[C@H]1C=CS(=O)(=O)C1. The molecule has 4 nitrogen and oxygen atoms in total. The molecule has 1 amide bonds. The molecular formula is C17H21NO3S. The van der Waals surface area contributed by atoms with Crippen molar-refractivity contribution in [3.8, 4) is 0 Å². The van der Waals surface area contributed by atoms with Gasteiger partial charge in [0.25, 0.3) is 0 Å². The molecule has 0 unspecified atom stereocenters. The summed E-state index contributed by atoms with van der Waals surface area (Å²) in [6.07, 6.45) is 6.81. The molecule has 3 rings (SSSR count). The Labute approximate surface area is 131 Å². The highest BCUT2D eigenvalue weighted by Gasteiger charge is 2.34. The van der Waals surface area contributed by atoms with Crippen LogP contribution in [0.3, 0.4) is 0 Å². The van der Waals surface area contributed by atoms with E-state index in [0.29, 0.717) is 0 Å². The van der Waals surface area contributed by atoms with Gasteiger partial charge in [-0.1, -0.05) is 37.5 Å². The van der Waals surface area contributed by atoms with Gasteiger partial charge in [-0.3, -0.25) is 4.79 Å². The highest BCUT2D eigenvalue weighted by atomic mass is 32.2. The molecule has 0 aromatic heterocycles. The summed E-state index contributed by atoms with van der Waals surface area (Å²) >= 11 is 0. The highest BCUT2D eigenvalue weighted by Crippen LogP contribution is 2.30. The number of benzene rings is 1. The molecule has 0 saturated heterocycles. The van der Waals surface area contributed by atoms with E-state index < -0.39 is 9.84 Å². The van der Waals surface area contributed by atoms with Crippen LogP contribution in [0.1, 0.15) is 32.1 Å². The fourth-order valence-corrected chi connectivity index (χ4v) is 4.61. The van der Waals surface area contributed by atoms with Crippen LogP contribution in [0.5, 0.6) is 0 Å². The summed E-state index contributed by atoms with van der Waals surface area (Å²) in [4.78, 5) is 14.7. The van der Waals surface area contributed by atoms with Gasteiger partial charge in [0.05, 0.1) is 11.8 Å². The van der Waals surface area contributed by atoms with Gasteiger partial charge in [0.2, 0.25) is 5.91 Å². The number of carbonyl (C=O) groups excluding carboxylic acids is 1. The van der Waals surface area contributed by atoms with Crippen molar-refractivity contribution in [1.29, 1.82) is 0 Å². The Bertz CT molecular complexity index is 660. The molecule has 0 spiro atoms. The summed E-state index contributed by atoms with van der Waals surface area (Å²) in [5.74, 6) is 0.0729. The molecule has 1 heterocycles. The lowest BCUT2D eigenvalue weighted by Crippen LogP contribution is -2.44. The van der Waals surface area contributed by atoms with E-state index in [0.717, 1.165) is 31.4 Å². The lowest BCUT2D eigenvalue weighted by atomic mass is 9.88. The quantitative estimate of drug-likeness (QED) is 0.861. The number of rotatable bonds is 3. The summed E-state index contributed by atoms with van der Waals surface area (Å²) in [6.45, 7) is 0. The lowest BCUT2D eigenvalue weighted by Gasteiger charge is -2.32. The monoisotopic (exact) mass is 319 g/mol. The predicted octanol–water partition coefficient (Wildman–Crippen LogP) is 2.91. The van der Waals surface area contributed by atoms with E-state index in [4.69, 9.17) is 0 Å². The summed E-state index contributed by atoms with van der Waals surface area (Å²) in [6, 6.07) is 9.02. The summed E-state index contributed by atoms with van der Waals surface area (Å²) in [5, 5.41) is 1.24. The number of para-hydroxylation sites is 1. The normalized spacial score (nSPS) is 24.3. The van der Waals surface area contributed by atoms with Gasteiger partial charge in [-0.05, 0) is 31.1 Å². The van der Waals surface area contributed by atoms with Crippen LogP contribution in [0.2, 0.25) is 0 Å². The highest BCUT2D eigenvalue weighted by molar-refractivity contribution is 7.94. The average molecular weight is 319 g/mol. The number of hydrogen-bond donors (Lipinski definition) is 0. The molecule has 0 N–H and O–H groups in total. The zero-order valence-corrected chi connectivity index (χ0v) is 13.3. The van der Waals surface area contributed by atoms with Crippen molar-refractivity contribution in [2.75, 3.05) is 10.7 Å². The standard InChI is InChI=1S/C17H21NO3S/c19-17(14-7-3-1-4-8-14)18(15-9-5-2-6-10-15)16-11-12-22(20,21)13-16/h2,5-6,9-12,14,16H,1,3-4,7-8,13H2/t16-/m0/s1. The van der Waals surface area contributed by atoms with E-state index in [1.54, 1.807) is 11.0 Å². The van der Waals surface area contributed by atoms with Gasteiger partial charge in [0.1, 0.15) is 0 Å². The molecule has 1 aromatic carbocycles. The van der Waals surface area contributed by atoms with Crippen LogP contribution < -0.4 is 4.90 Å². The van der Waals surface area contributed by atoms with Crippen LogP contribution in [-0.4, -0.2) is 26.1 Å². The van der Waals surface area contributed by atoms with Crippen LogP contribution in [0.4, 0.5) is 5.69 Å².